The van der Waals surface area contributed by atoms with E-state index >= 15 is 0 Å². The zero-order chi connectivity index (χ0) is 17.2. The number of carbonyl (C=O) groups excluding carboxylic acids is 1. The number of esters is 1. The summed E-state index contributed by atoms with van der Waals surface area (Å²) in [6.07, 6.45) is 0.368. The van der Waals surface area contributed by atoms with Crippen molar-refractivity contribution in [1.29, 1.82) is 0 Å². The molecule has 123 valence electrons. The van der Waals surface area contributed by atoms with Gasteiger partial charge in [0.15, 0.2) is 0 Å². The van der Waals surface area contributed by atoms with Crippen LogP contribution in [0.3, 0.4) is 0 Å². The lowest BCUT2D eigenvalue weighted by molar-refractivity contribution is -0.144. The predicted octanol–water partition coefficient (Wildman–Crippen LogP) is 3.87. The molecule has 0 spiro atoms. The second-order valence-corrected chi connectivity index (χ2v) is 8.83. The van der Waals surface area contributed by atoms with Gasteiger partial charge in [0, 0.05) is 11.5 Å². The zero-order valence-electron chi connectivity index (χ0n) is 13.1. The van der Waals surface area contributed by atoms with Gasteiger partial charge in [-0.05, 0) is 11.1 Å². The average Bonchev–Trinajstić information content (AvgIpc) is 2.60. The van der Waals surface area contributed by atoms with E-state index in [2.05, 4.69) is 22.4 Å². The second-order valence-electron chi connectivity index (χ2n) is 4.98. The van der Waals surface area contributed by atoms with Gasteiger partial charge in [-0.25, -0.2) is 0 Å². The first-order valence-corrected chi connectivity index (χ1v) is 10.3. The molecule has 0 unspecified atom stereocenters. The molecule has 0 heterocycles. The van der Waals surface area contributed by atoms with Gasteiger partial charge in [0.2, 0.25) is 0 Å². The molecule has 0 aliphatic rings. The predicted molar refractivity (Wildman–Crippen MR) is 109 cm³/mol. The third kappa shape index (κ3) is 7.66. The Morgan fingerprint density at radius 1 is 1.00 bits per heavy atom. The van der Waals surface area contributed by atoms with Gasteiger partial charge in [0.05, 0.1) is 16.7 Å². The molecule has 2 aromatic carbocycles. The molecule has 0 aliphatic carbocycles. The topological polar surface area (TPSA) is 26.3 Å². The maximum absolute atomic E-state index is 11.7. The van der Waals surface area contributed by atoms with Gasteiger partial charge in [-0.2, -0.15) is 0 Å². The smallest absolute Gasteiger partial charge is 0.306 e. The van der Waals surface area contributed by atoms with Gasteiger partial charge >= 0.3 is 5.97 Å². The highest BCUT2D eigenvalue weighted by Crippen LogP contribution is 2.22. The Balaban J connectivity index is 1.58. The summed E-state index contributed by atoms with van der Waals surface area (Å²) in [5.74, 6) is 1.32. The van der Waals surface area contributed by atoms with Crippen LogP contribution in [0.15, 0.2) is 54.6 Å². The number of rotatable bonds is 7. The summed E-state index contributed by atoms with van der Waals surface area (Å²) in [6.45, 7) is 0.309. The summed E-state index contributed by atoms with van der Waals surface area (Å²) in [5, 5.41) is 1.00. The molecular formula is C18H17O2S3Si. The van der Waals surface area contributed by atoms with E-state index in [1.807, 2.05) is 42.5 Å². The quantitative estimate of drug-likeness (QED) is 0.407. The van der Waals surface area contributed by atoms with Crippen LogP contribution in [0.5, 0.6) is 0 Å². The third-order valence-electron chi connectivity index (χ3n) is 3.08. The molecule has 0 fully saturated rings. The minimum atomic E-state index is -0.194. The first kappa shape index (κ1) is 19.2. The summed E-state index contributed by atoms with van der Waals surface area (Å²) < 4.78 is 6.12. The minimum absolute atomic E-state index is 0.194. The van der Waals surface area contributed by atoms with Crippen LogP contribution in [-0.4, -0.2) is 25.5 Å². The van der Waals surface area contributed by atoms with Crippen molar-refractivity contribution in [2.75, 3.05) is 5.75 Å². The van der Waals surface area contributed by atoms with E-state index in [0.717, 1.165) is 20.0 Å². The van der Waals surface area contributed by atoms with E-state index in [9.17, 15) is 4.79 Å². The molecule has 0 bridgehead atoms. The van der Waals surface area contributed by atoms with Crippen molar-refractivity contribution in [3.8, 4) is 0 Å². The summed E-state index contributed by atoms with van der Waals surface area (Å²) in [6, 6.07) is 17.9. The van der Waals surface area contributed by atoms with Crippen LogP contribution in [0, 0.1) is 0 Å². The molecule has 0 saturated heterocycles. The van der Waals surface area contributed by atoms with Crippen molar-refractivity contribution in [3.63, 3.8) is 0 Å². The zero-order valence-corrected chi connectivity index (χ0v) is 16.5. The van der Waals surface area contributed by atoms with Gasteiger partial charge in [0.1, 0.15) is 10.1 Å². The van der Waals surface area contributed by atoms with Crippen molar-refractivity contribution in [2.45, 2.75) is 18.8 Å². The number of hydrogen-bond acceptors (Lipinski definition) is 5. The van der Waals surface area contributed by atoms with Gasteiger partial charge < -0.3 is 4.74 Å². The first-order valence-electron chi connectivity index (χ1n) is 7.43. The molecular weight excluding hydrogens is 372 g/mol. The Kier molecular flexibility index (Phi) is 8.59. The maximum Gasteiger partial charge on any atom is 0.306 e. The number of thiocarbonyl (C=S) groups is 1. The van der Waals surface area contributed by atoms with Crippen molar-refractivity contribution in [3.05, 3.63) is 65.7 Å². The average molecular weight is 390 g/mol. The molecule has 0 saturated carbocycles. The summed E-state index contributed by atoms with van der Waals surface area (Å²) in [7, 11) is 3.43. The largest absolute Gasteiger partial charge is 0.461 e. The third-order valence-corrected chi connectivity index (χ3v) is 6.18. The molecule has 2 rings (SSSR count). The molecule has 6 heteroatoms. The maximum atomic E-state index is 11.7. The van der Waals surface area contributed by atoms with E-state index < -0.39 is 0 Å². The van der Waals surface area contributed by atoms with Gasteiger partial charge in [-0.3, -0.25) is 4.79 Å². The highest BCUT2D eigenvalue weighted by Gasteiger charge is 2.06. The summed E-state index contributed by atoms with van der Waals surface area (Å²) >= 11 is 8.49. The van der Waals surface area contributed by atoms with Gasteiger partial charge in [-0.1, -0.05) is 72.0 Å². The molecule has 0 atom stereocenters. The highest BCUT2D eigenvalue weighted by molar-refractivity contribution is 8.46. The number of carbonyl (C=O) groups is 1. The normalized spacial score (nSPS) is 10.4. The molecule has 0 aliphatic heterocycles. The lowest BCUT2D eigenvalue weighted by Crippen LogP contribution is -2.07. The number of hydrogen-bond donors (Lipinski definition) is 0. The van der Waals surface area contributed by atoms with Crippen LogP contribution in [0.2, 0.25) is 0 Å². The van der Waals surface area contributed by atoms with Crippen LogP contribution < -0.4 is 5.19 Å². The van der Waals surface area contributed by atoms with Gasteiger partial charge in [-0.15, -0.1) is 23.5 Å². The Morgan fingerprint density at radius 2 is 1.71 bits per heavy atom. The number of ether oxygens (including phenoxy) is 1. The van der Waals surface area contributed by atoms with Crippen molar-refractivity contribution in [1.82, 2.24) is 0 Å². The molecule has 0 amide bonds. The molecule has 3 radical (unpaired) electrons. The summed E-state index contributed by atoms with van der Waals surface area (Å²) in [5.41, 5.74) is 2.23. The van der Waals surface area contributed by atoms with Crippen LogP contribution in [-0.2, 0) is 21.9 Å². The Labute approximate surface area is 160 Å². The molecule has 2 aromatic rings. The van der Waals surface area contributed by atoms with Crippen LogP contribution in [0.25, 0.3) is 0 Å². The van der Waals surface area contributed by atoms with Gasteiger partial charge in [0.25, 0.3) is 0 Å². The first-order chi connectivity index (χ1) is 11.6. The van der Waals surface area contributed by atoms with E-state index in [1.54, 1.807) is 11.8 Å². The fourth-order valence-corrected chi connectivity index (χ4v) is 4.08. The number of thioether (sulfide) groups is 2. The monoisotopic (exact) mass is 389 g/mol. The molecule has 2 nitrogen and oxygen atoms in total. The van der Waals surface area contributed by atoms with Crippen molar-refractivity contribution >= 4 is 60.7 Å². The lowest BCUT2D eigenvalue weighted by atomic mass is 10.2. The van der Waals surface area contributed by atoms with Crippen LogP contribution >= 0.6 is 35.7 Å². The standard InChI is InChI=1S/C18H17O2S3Si/c19-17(20-12-14-6-8-16(24)9-7-14)10-11-22-18(21)23-13-15-4-2-1-3-5-15/h1-9H,10-13H2. The van der Waals surface area contributed by atoms with E-state index in [-0.39, 0.29) is 5.97 Å². The van der Waals surface area contributed by atoms with E-state index in [4.69, 9.17) is 17.0 Å². The number of benzene rings is 2. The Morgan fingerprint density at radius 3 is 2.42 bits per heavy atom. The fraction of sp³-hybridized carbons (Fsp3) is 0.222. The van der Waals surface area contributed by atoms with E-state index in [0.29, 0.717) is 18.8 Å². The minimum Gasteiger partial charge on any atom is -0.461 e. The van der Waals surface area contributed by atoms with Crippen LogP contribution in [0.4, 0.5) is 0 Å². The highest BCUT2D eigenvalue weighted by atomic mass is 32.2. The van der Waals surface area contributed by atoms with Crippen molar-refractivity contribution in [2.24, 2.45) is 0 Å². The molecule has 24 heavy (non-hydrogen) atoms. The van der Waals surface area contributed by atoms with Crippen LogP contribution in [0.1, 0.15) is 17.5 Å². The fourth-order valence-electron chi connectivity index (χ4n) is 1.81. The second kappa shape index (κ2) is 10.7. The Hall–Kier alpha value is -1.08. The lowest BCUT2D eigenvalue weighted by Gasteiger charge is -2.06. The van der Waals surface area contributed by atoms with Crippen molar-refractivity contribution < 1.29 is 9.53 Å². The Bertz CT molecular complexity index is 660. The van der Waals surface area contributed by atoms with E-state index in [1.165, 1.54) is 17.3 Å². The SMILES string of the molecule is O=C(CCSC(=S)SCc1ccccc1)OCc1ccc([Si])cc1. The summed E-state index contributed by atoms with van der Waals surface area (Å²) in [4.78, 5) is 11.7. The molecule has 0 aromatic heterocycles. The molecule has 0 N–H and O–H groups in total.